The lowest BCUT2D eigenvalue weighted by Crippen LogP contribution is -2.13. The second kappa shape index (κ2) is 43.4. The van der Waals surface area contributed by atoms with E-state index in [0.717, 1.165) is 67.4 Å². The van der Waals surface area contributed by atoms with Gasteiger partial charge in [-0.3, -0.25) is 24.0 Å². The van der Waals surface area contributed by atoms with Gasteiger partial charge in [0.2, 0.25) is 0 Å². The van der Waals surface area contributed by atoms with Crippen LogP contribution in [0, 0.1) is 17.5 Å². The normalized spacial score (nSPS) is 10.9. The van der Waals surface area contributed by atoms with Crippen molar-refractivity contribution in [2.45, 2.75) is 70.4 Å². The van der Waals surface area contributed by atoms with Crippen LogP contribution in [0.2, 0.25) is 30.1 Å². The minimum Gasteiger partial charge on any atom is -0.497 e. The average molecular weight is 1820 g/mol. The van der Waals surface area contributed by atoms with E-state index < -0.39 is 29.2 Å². The van der Waals surface area contributed by atoms with Crippen molar-refractivity contribution in [3.05, 3.63) is 376 Å². The summed E-state index contributed by atoms with van der Waals surface area (Å²) in [4.78, 5) is 80.4. The quantitative estimate of drug-likeness (QED) is 0.0459. The molecular weight excluding hydrogens is 1760 g/mol. The average Bonchev–Trinajstić information content (AvgIpc) is 1.81. The van der Waals surface area contributed by atoms with Gasteiger partial charge in [-0.2, -0.15) is 13.2 Å². The maximum absolute atomic E-state index is 13.6. The van der Waals surface area contributed by atoms with Crippen LogP contribution < -0.4 is 4.74 Å². The summed E-state index contributed by atoms with van der Waals surface area (Å²) in [7, 11) is 1.61. The minimum atomic E-state index is -4.49. The predicted octanol–water partition coefficient (Wildman–Crippen LogP) is 24.6. The lowest BCUT2D eigenvalue weighted by Gasteiger charge is -2.12. The fraction of sp³-hybridized carbons (Fsp3) is 0.130. The number of hydrogen-bond acceptors (Lipinski definition) is 16. The Kier molecular flexibility index (Phi) is 32.3. The largest absolute Gasteiger partial charge is 0.497 e. The third-order valence-electron chi connectivity index (χ3n) is 18.0. The van der Waals surface area contributed by atoms with Crippen molar-refractivity contribution < 1.29 is 77.1 Å². The molecule has 0 unspecified atom stereocenters. The zero-order chi connectivity index (χ0) is 86.1. The third kappa shape index (κ3) is 26.8. The maximum Gasteiger partial charge on any atom is 0.416 e. The summed E-state index contributed by atoms with van der Waals surface area (Å²) in [6.07, 6.45) is 11.4. The fourth-order valence-corrected chi connectivity index (χ4v) is 14.5. The van der Waals surface area contributed by atoms with Gasteiger partial charge in [0.15, 0.2) is 60.8 Å². The van der Waals surface area contributed by atoms with Crippen molar-refractivity contribution in [3.8, 4) is 62.4 Å². The lowest BCUT2D eigenvalue weighted by molar-refractivity contribution is -0.138. The number of methoxy groups -OCH3 is 1. The molecule has 15 aromatic rings. The van der Waals surface area contributed by atoms with Crippen LogP contribution >= 0.6 is 85.5 Å². The van der Waals surface area contributed by atoms with E-state index in [0.29, 0.717) is 118 Å². The van der Waals surface area contributed by atoms with Gasteiger partial charge in [-0.1, -0.05) is 164 Å². The van der Waals surface area contributed by atoms with Crippen molar-refractivity contribution >= 4 is 114 Å². The van der Waals surface area contributed by atoms with Crippen LogP contribution in [0.25, 0.3) is 56.6 Å². The molecule has 121 heavy (non-hydrogen) atoms. The molecule has 5 aromatic heterocycles. The van der Waals surface area contributed by atoms with E-state index in [1.165, 1.54) is 80.6 Å². The Morgan fingerprint density at radius 1 is 0.331 bits per heavy atom. The van der Waals surface area contributed by atoms with E-state index in [1.54, 1.807) is 98.6 Å². The number of rotatable bonds is 26. The van der Waals surface area contributed by atoms with Crippen LogP contribution in [0.4, 0.5) is 26.3 Å². The number of nitrogens with zero attached hydrogens (tertiary/aromatic N) is 5. The van der Waals surface area contributed by atoms with E-state index >= 15 is 0 Å². The highest BCUT2D eigenvalue weighted by Gasteiger charge is 2.33. The summed E-state index contributed by atoms with van der Waals surface area (Å²) in [5, 5.41) is 2.75. The summed E-state index contributed by atoms with van der Waals surface area (Å²) in [6, 6.07) is 54.1. The number of benzene rings is 10. The highest BCUT2D eigenvalue weighted by atomic mass is 79.9. The number of alkyl halides is 3. The van der Waals surface area contributed by atoms with E-state index in [-0.39, 0.29) is 78.6 Å². The van der Waals surface area contributed by atoms with Gasteiger partial charge < -0.3 is 26.8 Å². The molecule has 0 radical (unpaired) electrons. The number of ether oxygens (including phenoxy) is 1. The van der Waals surface area contributed by atoms with Crippen LogP contribution in [-0.2, 0) is 94.4 Å². The number of carbonyl (C=O) groups excluding carboxylic acids is 5. The van der Waals surface area contributed by atoms with Crippen molar-refractivity contribution in [2.75, 3.05) is 7.11 Å². The van der Waals surface area contributed by atoms with Crippen molar-refractivity contribution in [1.29, 1.82) is 0 Å². The Morgan fingerprint density at radius 3 is 0.992 bits per heavy atom. The topological polar surface area (TPSA) is 225 Å². The summed E-state index contributed by atoms with van der Waals surface area (Å²) in [6.45, 7) is 0. The van der Waals surface area contributed by atoms with Gasteiger partial charge in [0.1, 0.15) is 52.1 Å². The molecule has 616 valence electrons. The molecule has 0 saturated heterocycles. The Morgan fingerprint density at radius 2 is 0.653 bits per heavy atom. The van der Waals surface area contributed by atoms with Crippen LogP contribution in [0.1, 0.15) is 61.2 Å². The Balaban J connectivity index is 0.000000148. The number of hydrogen-bond donors (Lipinski definition) is 0. The first kappa shape index (κ1) is 90.0. The van der Waals surface area contributed by atoms with Gasteiger partial charge in [0, 0.05) is 108 Å². The summed E-state index contributed by atoms with van der Waals surface area (Å²) in [5.41, 5.74) is 9.15. The molecule has 15 rings (SSSR count). The molecule has 0 bridgehead atoms. The molecule has 0 aliphatic carbocycles. The molecule has 16 nitrogen and oxygen atoms in total. The summed E-state index contributed by atoms with van der Waals surface area (Å²) >= 11 is 40.6. The van der Waals surface area contributed by atoms with Crippen LogP contribution in [-0.4, -0.2) is 60.9 Å². The number of carbonyl (C=O) groups is 5. The van der Waals surface area contributed by atoms with Gasteiger partial charge in [-0.25, -0.2) is 38.1 Å². The van der Waals surface area contributed by atoms with Crippen LogP contribution in [0.3, 0.4) is 0 Å². The highest BCUT2D eigenvalue weighted by molar-refractivity contribution is 9.10. The number of Topliss-reactive ketones (excluding diaryl/α,β-unsaturated/α-hetero) is 5. The molecular formula is C92H66BrCl6F6N5O11. The van der Waals surface area contributed by atoms with Gasteiger partial charge in [0.25, 0.3) is 0 Å². The SMILES string of the molecule is COc1cccc(CC(=O)Cc2ccc(-c3cnco3)c(Cl)c2)c1.O=C(Cc1ccc(-c2cnco2)c(Cl)c1)Cc1cc(F)ccc1Cl.O=C(Cc1ccc(-c2cnco2)c(Cl)c1)Cc1ccc(F)cc1F.O=C(Cc1ccc(-c2cnco2)c(Cl)c1)Cc1ccccc1C(F)(F)F.O=C(Cc1cccc(Br)c1)Cc1ccc(-c2cnco2)c(Cl)c1. The Hall–Kier alpha value is -11.8. The first-order valence-electron chi connectivity index (χ1n) is 36.5. The zero-order valence-electron chi connectivity index (χ0n) is 63.5. The van der Waals surface area contributed by atoms with Gasteiger partial charge in [-0.15, -0.1) is 0 Å². The standard InChI is InChI=1S/C19H13ClF3NO2.C19H16ClNO3.C18H13BrClNO2.C18H12Cl2FNO2.C18H12ClF2NO2/c20-17-8-12(5-6-15(17)18-10-24-11-26-18)7-14(25)9-13-3-1-2-4-16(13)19(21,22)23;1-23-16-4-2-3-13(9-16)7-15(22)8-14-5-6-17(18(20)10-14)19-11-21-12-24-19;19-14-3-1-2-12(6-14)7-15(22)8-13-4-5-16(17(20)9-13)18-10-21-11-23-18;19-16-4-2-13(21)7-12(16)8-14(23)5-11-1-3-15(17(20)6-11)18-9-22-10-24-18;19-16-6-11(1-4-15(16)18-9-22-10-24-18)5-14(23)7-12-2-3-13(20)8-17(12)21/h1-6,8,10-11H,7,9H2;2-6,9-12H,7-8H2,1H3;1-6,9-11H,7-8H2;1-4,6-7,9-10H,5,8H2;1-4,6,8-10H,5,7H2. The summed E-state index contributed by atoms with van der Waals surface area (Å²) < 4.78 is 111. The molecule has 0 aliphatic rings. The smallest absolute Gasteiger partial charge is 0.416 e. The molecule has 0 saturated carbocycles. The van der Waals surface area contributed by atoms with Crippen LogP contribution in [0.15, 0.2) is 290 Å². The molecule has 5 heterocycles. The number of oxazole rings is 5. The van der Waals surface area contributed by atoms with Crippen molar-refractivity contribution in [2.24, 2.45) is 0 Å². The highest BCUT2D eigenvalue weighted by Crippen LogP contribution is 2.36. The van der Waals surface area contributed by atoms with Crippen molar-refractivity contribution in [1.82, 2.24) is 24.9 Å². The monoisotopic (exact) mass is 1820 g/mol. The van der Waals surface area contributed by atoms with E-state index in [1.807, 2.05) is 72.8 Å². The first-order valence-corrected chi connectivity index (χ1v) is 39.6. The second-order valence-corrected chi connectivity index (χ2v) is 30.3. The van der Waals surface area contributed by atoms with Gasteiger partial charge in [0.05, 0.1) is 68.8 Å². The van der Waals surface area contributed by atoms with Gasteiger partial charge in [-0.05, 0) is 171 Å². The van der Waals surface area contributed by atoms with Crippen LogP contribution in [0.5, 0.6) is 5.75 Å². The molecule has 0 fully saturated rings. The second-order valence-electron chi connectivity index (χ2n) is 27.0. The number of ketones is 5. The number of aromatic nitrogens is 5. The minimum absolute atomic E-state index is 0.0113. The summed E-state index contributed by atoms with van der Waals surface area (Å²) in [5.74, 6) is 1.42. The Labute approximate surface area is 727 Å². The molecule has 0 amide bonds. The molecule has 0 aliphatic heterocycles. The predicted molar refractivity (Wildman–Crippen MR) is 453 cm³/mol. The van der Waals surface area contributed by atoms with E-state index in [9.17, 15) is 50.3 Å². The maximum atomic E-state index is 13.6. The lowest BCUT2D eigenvalue weighted by atomic mass is 9.98. The molecule has 10 aromatic carbocycles. The molecule has 0 spiro atoms. The first-order chi connectivity index (χ1) is 58.2. The zero-order valence-corrected chi connectivity index (χ0v) is 69.7. The van der Waals surface area contributed by atoms with Crippen molar-refractivity contribution in [3.63, 3.8) is 0 Å². The molecule has 0 N–H and O–H groups in total. The van der Waals surface area contributed by atoms with E-state index in [2.05, 4.69) is 40.8 Å². The van der Waals surface area contributed by atoms with E-state index in [4.69, 9.17) is 96.4 Å². The third-order valence-corrected chi connectivity index (χ3v) is 20.4. The number of halogens is 13. The molecule has 29 heteroatoms. The Bertz CT molecular complexity index is 6060. The fourth-order valence-electron chi connectivity index (χ4n) is 12.4. The van der Waals surface area contributed by atoms with Gasteiger partial charge >= 0.3 is 6.18 Å². The molecule has 0 atom stereocenters.